The van der Waals surface area contributed by atoms with Crippen LogP contribution in [-0.2, 0) is 4.79 Å². The highest BCUT2D eigenvalue weighted by Crippen LogP contribution is 2.61. The minimum atomic E-state index is -1.10. The zero-order valence-corrected chi connectivity index (χ0v) is 9.73. The topological polar surface area (TPSA) is 61.1 Å². The standard InChI is InChI=1S/C13H17NO2/c1-13(2)10-4-3-8(11(13)6-10)5-9(7-14)12(15)16/h5,8,10-11H,3-4,6H2,1-2H3,(H,15,16). The molecule has 0 aliphatic heterocycles. The summed E-state index contributed by atoms with van der Waals surface area (Å²) in [4.78, 5) is 10.8. The van der Waals surface area contributed by atoms with E-state index in [1.54, 1.807) is 12.1 Å². The second-order valence-corrected chi connectivity index (χ2v) is 5.60. The van der Waals surface area contributed by atoms with E-state index < -0.39 is 5.97 Å². The fourth-order valence-corrected chi connectivity index (χ4v) is 3.44. The molecule has 0 saturated heterocycles. The summed E-state index contributed by atoms with van der Waals surface area (Å²) in [6.45, 7) is 4.53. The van der Waals surface area contributed by atoms with Gasteiger partial charge < -0.3 is 5.11 Å². The van der Waals surface area contributed by atoms with Crippen LogP contribution in [-0.4, -0.2) is 11.1 Å². The van der Waals surface area contributed by atoms with Gasteiger partial charge in [-0.05, 0) is 42.4 Å². The first kappa shape index (κ1) is 11.2. The maximum atomic E-state index is 10.8. The van der Waals surface area contributed by atoms with Gasteiger partial charge in [-0.1, -0.05) is 19.9 Å². The van der Waals surface area contributed by atoms with Gasteiger partial charge in [0.25, 0.3) is 0 Å². The van der Waals surface area contributed by atoms with Gasteiger partial charge in [-0.15, -0.1) is 0 Å². The fraction of sp³-hybridized carbons (Fsp3) is 0.692. The Kier molecular flexibility index (Phi) is 2.53. The molecule has 3 aliphatic rings. The van der Waals surface area contributed by atoms with E-state index in [0.717, 1.165) is 12.3 Å². The van der Waals surface area contributed by atoms with Gasteiger partial charge in [0.15, 0.2) is 0 Å². The van der Waals surface area contributed by atoms with Crippen LogP contribution in [0.15, 0.2) is 11.6 Å². The zero-order chi connectivity index (χ0) is 11.9. The second kappa shape index (κ2) is 3.62. The molecule has 3 aliphatic carbocycles. The van der Waals surface area contributed by atoms with Crippen LogP contribution < -0.4 is 0 Å². The van der Waals surface area contributed by atoms with E-state index in [1.807, 2.05) is 0 Å². The van der Waals surface area contributed by atoms with Crippen LogP contribution in [0.25, 0.3) is 0 Å². The van der Waals surface area contributed by atoms with Gasteiger partial charge in [0.05, 0.1) is 0 Å². The zero-order valence-electron chi connectivity index (χ0n) is 9.73. The van der Waals surface area contributed by atoms with Crippen molar-refractivity contribution in [2.45, 2.75) is 33.1 Å². The smallest absolute Gasteiger partial charge is 0.346 e. The molecule has 3 fully saturated rings. The number of rotatable bonds is 2. The fourth-order valence-electron chi connectivity index (χ4n) is 3.44. The molecule has 0 aromatic heterocycles. The predicted molar refractivity (Wildman–Crippen MR) is 59.4 cm³/mol. The van der Waals surface area contributed by atoms with Gasteiger partial charge >= 0.3 is 5.97 Å². The SMILES string of the molecule is CC1(C)C2CCC(C=C(C#N)C(=O)O)C1C2. The number of nitrogens with zero attached hydrogens (tertiary/aromatic N) is 1. The van der Waals surface area contributed by atoms with Crippen LogP contribution in [0.1, 0.15) is 33.1 Å². The number of hydrogen-bond acceptors (Lipinski definition) is 2. The molecule has 3 saturated carbocycles. The normalized spacial score (nSPS) is 36.1. The Morgan fingerprint density at radius 2 is 2.19 bits per heavy atom. The molecule has 0 heterocycles. The number of carboxylic acids is 1. The molecular formula is C13H17NO2. The van der Waals surface area contributed by atoms with Gasteiger partial charge in [-0.2, -0.15) is 5.26 Å². The molecule has 0 aromatic rings. The van der Waals surface area contributed by atoms with Gasteiger partial charge in [0, 0.05) is 0 Å². The lowest BCUT2D eigenvalue weighted by atomic mass is 9.45. The van der Waals surface area contributed by atoms with E-state index >= 15 is 0 Å². The maximum absolute atomic E-state index is 10.8. The van der Waals surface area contributed by atoms with Gasteiger partial charge in [-0.25, -0.2) is 4.79 Å². The van der Waals surface area contributed by atoms with Crippen LogP contribution in [0, 0.1) is 34.5 Å². The van der Waals surface area contributed by atoms with Crippen LogP contribution in [0.5, 0.6) is 0 Å². The highest BCUT2D eigenvalue weighted by molar-refractivity contribution is 5.91. The molecule has 86 valence electrons. The molecule has 0 radical (unpaired) electrons. The number of carbonyl (C=O) groups is 1. The molecule has 3 rings (SSSR count). The van der Waals surface area contributed by atoms with Gasteiger partial charge in [0.2, 0.25) is 0 Å². The van der Waals surface area contributed by atoms with Crippen molar-refractivity contribution in [3.8, 4) is 6.07 Å². The lowest BCUT2D eigenvalue weighted by Crippen LogP contribution is -2.51. The van der Waals surface area contributed by atoms with Crippen LogP contribution in [0.4, 0.5) is 0 Å². The predicted octanol–water partition coefficient (Wildman–Crippen LogP) is 2.59. The summed E-state index contributed by atoms with van der Waals surface area (Å²) in [5.74, 6) is 0.555. The number of fused-ring (bicyclic) bond motifs is 2. The summed E-state index contributed by atoms with van der Waals surface area (Å²) in [7, 11) is 0. The number of aliphatic carboxylic acids is 1. The Hall–Kier alpha value is -1.30. The van der Waals surface area contributed by atoms with Crippen molar-refractivity contribution < 1.29 is 9.90 Å². The van der Waals surface area contributed by atoms with Crippen molar-refractivity contribution in [1.82, 2.24) is 0 Å². The van der Waals surface area contributed by atoms with Gasteiger partial charge in [-0.3, -0.25) is 0 Å². The molecule has 3 nitrogen and oxygen atoms in total. The maximum Gasteiger partial charge on any atom is 0.346 e. The van der Waals surface area contributed by atoms with E-state index in [-0.39, 0.29) is 11.5 Å². The molecule has 2 bridgehead atoms. The Balaban J connectivity index is 2.18. The van der Waals surface area contributed by atoms with Crippen molar-refractivity contribution in [1.29, 1.82) is 5.26 Å². The molecular weight excluding hydrogens is 202 g/mol. The molecule has 16 heavy (non-hydrogen) atoms. The lowest BCUT2D eigenvalue weighted by Gasteiger charge is -2.59. The quantitative estimate of drug-likeness (QED) is 0.573. The van der Waals surface area contributed by atoms with Crippen molar-refractivity contribution in [3.05, 3.63) is 11.6 Å². The van der Waals surface area contributed by atoms with E-state index in [0.29, 0.717) is 11.3 Å². The Labute approximate surface area is 95.8 Å². The number of carboxylic acid groups (broad SMARTS) is 1. The lowest BCUT2D eigenvalue weighted by molar-refractivity contribution is -0.132. The average Bonchev–Trinajstić information content (AvgIpc) is 2.25. The van der Waals surface area contributed by atoms with E-state index in [9.17, 15) is 4.79 Å². The van der Waals surface area contributed by atoms with E-state index in [1.165, 1.54) is 12.8 Å². The first-order valence-electron chi connectivity index (χ1n) is 5.82. The first-order chi connectivity index (χ1) is 7.46. The van der Waals surface area contributed by atoms with Crippen LogP contribution >= 0.6 is 0 Å². The summed E-state index contributed by atoms with van der Waals surface area (Å²) in [6, 6.07) is 1.78. The number of allylic oxidation sites excluding steroid dienone is 1. The van der Waals surface area contributed by atoms with Crippen molar-refractivity contribution in [2.75, 3.05) is 0 Å². The highest BCUT2D eigenvalue weighted by Gasteiger charge is 2.53. The molecule has 3 atom stereocenters. The average molecular weight is 219 g/mol. The summed E-state index contributed by atoms with van der Waals surface area (Å²) in [5.41, 5.74) is 0.240. The molecule has 0 aromatic carbocycles. The Morgan fingerprint density at radius 3 is 2.62 bits per heavy atom. The molecule has 3 heteroatoms. The van der Waals surface area contributed by atoms with Crippen LogP contribution in [0.2, 0.25) is 0 Å². The largest absolute Gasteiger partial charge is 0.477 e. The van der Waals surface area contributed by atoms with Crippen molar-refractivity contribution in [3.63, 3.8) is 0 Å². The Morgan fingerprint density at radius 1 is 1.50 bits per heavy atom. The minimum Gasteiger partial charge on any atom is -0.477 e. The summed E-state index contributed by atoms with van der Waals surface area (Å²) >= 11 is 0. The van der Waals surface area contributed by atoms with E-state index in [4.69, 9.17) is 10.4 Å². The van der Waals surface area contributed by atoms with Crippen molar-refractivity contribution in [2.24, 2.45) is 23.2 Å². The third kappa shape index (κ3) is 1.53. The molecule has 0 amide bonds. The molecule has 0 spiro atoms. The number of hydrogen-bond donors (Lipinski definition) is 1. The summed E-state index contributed by atoms with van der Waals surface area (Å²) < 4.78 is 0. The molecule has 3 unspecified atom stereocenters. The van der Waals surface area contributed by atoms with E-state index in [2.05, 4.69) is 13.8 Å². The first-order valence-corrected chi connectivity index (χ1v) is 5.82. The summed E-state index contributed by atoms with van der Waals surface area (Å²) in [6.07, 6.45) is 5.09. The van der Waals surface area contributed by atoms with Crippen molar-refractivity contribution >= 4 is 5.97 Å². The third-order valence-corrected chi connectivity index (χ3v) is 4.64. The molecule has 1 N–H and O–H groups in total. The highest BCUT2D eigenvalue weighted by atomic mass is 16.4. The Bertz CT molecular complexity index is 387. The number of nitriles is 1. The third-order valence-electron chi connectivity index (χ3n) is 4.64. The van der Waals surface area contributed by atoms with Gasteiger partial charge in [0.1, 0.15) is 11.6 Å². The second-order valence-electron chi connectivity index (χ2n) is 5.60. The minimum absolute atomic E-state index is 0.0915. The summed E-state index contributed by atoms with van der Waals surface area (Å²) in [5, 5.41) is 17.6. The van der Waals surface area contributed by atoms with Crippen LogP contribution in [0.3, 0.4) is 0 Å². The monoisotopic (exact) mass is 219 g/mol.